The van der Waals surface area contributed by atoms with Gasteiger partial charge in [-0.05, 0) is 51.2 Å². The van der Waals surface area contributed by atoms with Crippen molar-refractivity contribution in [1.29, 1.82) is 5.41 Å². The third-order valence-electron chi connectivity index (χ3n) is 6.00. The number of amides is 1. The summed E-state index contributed by atoms with van der Waals surface area (Å²) >= 11 is 6.18. The van der Waals surface area contributed by atoms with Crippen molar-refractivity contribution in [3.8, 4) is 0 Å². The molecule has 1 N–H and O–H groups in total. The van der Waals surface area contributed by atoms with E-state index >= 15 is 0 Å². The zero-order chi connectivity index (χ0) is 17.8. The Labute approximate surface area is 152 Å². The van der Waals surface area contributed by atoms with Crippen molar-refractivity contribution in [3.63, 3.8) is 0 Å². The van der Waals surface area contributed by atoms with Crippen LogP contribution in [0.15, 0.2) is 23.6 Å². The first-order valence-corrected chi connectivity index (χ1v) is 9.18. The molecule has 0 aromatic carbocycles. The number of allylic oxidation sites excluding steroid dienone is 1. The van der Waals surface area contributed by atoms with Gasteiger partial charge in [0.15, 0.2) is 0 Å². The van der Waals surface area contributed by atoms with E-state index < -0.39 is 5.41 Å². The molecule has 5 nitrogen and oxygen atoms in total. The number of fused-ring (bicyclic) bond motifs is 1. The maximum atomic E-state index is 12.9. The Hall–Kier alpha value is -1.88. The van der Waals surface area contributed by atoms with E-state index in [0.717, 1.165) is 30.6 Å². The van der Waals surface area contributed by atoms with E-state index in [4.69, 9.17) is 21.7 Å². The van der Waals surface area contributed by atoms with Crippen LogP contribution in [0.3, 0.4) is 0 Å². The lowest BCUT2D eigenvalue weighted by atomic mass is 9.65. The molecule has 0 bridgehead atoms. The maximum absolute atomic E-state index is 12.9. The van der Waals surface area contributed by atoms with Gasteiger partial charge in [0.2, 0.25) is 0 Å². The number of nitrogens with one attached hydrogen (secondary N) is 1. The van der Waals surface area contributed by atoms with Gasteiger partial charge in [0.25, 0.3) is 5.91 Å². The third kappa shape index (κ3) is 2.32. The van der Waals surface area contributed by atoms with Crippen molar-refractivity contribution in [2.24, 2.45) is 5.41 Å². The lowest BCUT2D eigenvalue weighted by molar-refractivity contribution is -0.00850. The molecule has 2 unspecified atom stereocenters. The van der Waals surface area contributed by atoms with E-state index in [2.05, 4.69) is 11.9 Å². The Morgan fingerprint density at radius 1 is 1.52 bits per heavy atom. The van der Waals surface area contributed by atoms with Gasteiger partial charge in [0, 0.05) is 29.6 Å². The predicted octanol–water partition coefficient (Wildman–Crippen LogP) is 3.96. The van der Waals surface area contributed by atoms with Crippen LogP contribution in [-0.2, 0) is 11.3 Å². The first kappa shape index (κ1) is 16.6. The minimum atomic E-state index is -0.530. The van der Waals surface area contributed by atoms with Crippen LogP contribution in [0.4, 0.5) is 0 Å². The summed E-state index contributed by atoms with van der Waals surface area (Å²) in [6.45, 7) is 4.50. The van der Waals surface area contributed by atoms with E-state index in [1.54, 1.807) is 17.2 Å². The highest BCUT2D eigenvalue weighted by Crippen LogP contribution is 2.52. The quantitative estimate of drug-likeness (QED) is 0.639. The molecular formula is C19H22ClN3O2. The average Bonchev–Trinajstić information content (AvgIpc) is 2.89. The number of carbonyl (C=O) groups is 1. The van der Waals surface area contributed by atoms with Crippen molar-refractivity contribution >= 4 is 23.7 Å². The van der Waals surface area contributed by atoms with Gasteiger partial charge in [-0.15, -0.1) is 0 Å². The van der Waals surface area contributed by atoms with Crippen LogP contribution in [0.2, 0.25) is 5.15 Å². The van der Waals surface area contributed by atoms with Crippen LogP contribution in [0.1, 0.15) is 55.5 Å². The highest BCUT2D eigenvalue weighted by atomic mass is 35.5. The minimum absolute atomic E-state index is 0.0411. The third-order valence-corrected chi connectivity index (χ3v) is 6.32. The van der Waals surface area contributed by atoms with Gasteiger partial charge >= 0.3 is 0 Å². The number of rotatable bonds is 5. The number of pyridine rings is 1. The fourth-order valence-corrected chi connectivity index (χ4v) is 4.35. The molecule has 0 spiro atoms. The van der Waals surface area contributed by atoms with Crippen molar-refractivity contribution in [2.45, 2.75) is 58.2 Å². The monoisotopic (exact) mass is 359 g/mol. The minimum Gasteiger partial charge on any atom is -0.494 e. The zero-order valence-electron chi connectivity index (χ0n) is 14.5. The second kappa shape index (κ2) is 5.84. The Morgan fingerprint density at radius 3 is 2.84 bits per heavy atom. The highest BCUT2D eigenvalue weighted by molar-refractivity contribution is 6.30. The summed E-state index contributed by atoms with van der Waals surface area (Å²) in [6, 6.07) is 1.56. The molecule has 1 fully saturated rings. The van der Waals surface area contributed by atoms with Crippen LogP contribution in [0, 0.1) is 10.8 Å². The second-order valence-electron chi connectivity index (χ2n) is 7.38. The summed E-state index contributed by atoms with van der Waals surface area (Å²) in [5.41, 5.74) is 2.05. The smallest absolute Gasteiger partial charge is 0.254 e. The molecule has 0 saturated heterocycles. The fraction of sp³-hybridized carbons (Fsp3) is 0.526. The lowest BCUT2D eigenvalue weighted by Gasteiger charge is -2.50. The van der Waals surface area contributed by atoms with E-state index in [9.17, 15) is 4.79 Å². The van der Waals surface area contributed by atoms with Crippen molar-refractivity contribution < 1.29 is 9.53 Å². The molecule has 3 aliphatic rings. The summed E-state index contributed by atoms with van der Waals surface area (Å²) < 4.78 is 6.21. The van der Waals surface area contributed by atoms with Crippen LogP contribution < -0.4 is 0 Å². The van der Waals surface area contributed by atoms with Gasteiger partial charge in [0.05, 0.1) is 18.1 Å². The van der Waals surface area contributed by atoms with E-state index in [0.29, 0.717) is 17.3 Å². The number of hydrogen-bond donors (Lipinski definition) is 1. The lowest BCUT2D eigenvalue weighted by Crippen LogP contribution is -2.53. The van der Waals surface area contributed by atoms with Crippen molar-refractivity contribution in [2.75, 3.05) is 0 Å². The Balaban J connectivity index is 1.62. The normalized spacial score (nSPS) is 26.8. The molecule has 2 aliphatic carbocycles. The molecule has 4 rings (SSSR count). The second-order valence-corrected chi connectivity index (χ2v) is 7.74. The summed E-state index contributed by atoms with van der Waals surface area (Å²) in [7, 11) is 0. The number of ether oxygens (including phenoxy) is 1. The van der Waals surface area contributed by atoms with Crippen LogP contribution >= 0.6 is 11.6 Å². The molecule has 2 heterocycles. The molecule has 1 aromatic heterocycles. The standard InChI is InChI=1S/C19H22ClN3O2/c1-11-8-19(10-21,16(11)25-13-4-3-5-13)12(2)23-9-15-14(18(23)24)6-7-22-17(15)20/h6-7,10,12-13,21H,3-5,8-9H2,1-2H3. The number of nitrogens with zero attached hydrogens (tertiary/aromatic N) is 2. The Bertz CT molecular complexity index is 787. The van der Waals surface area contributed by atoms with Gasteiger partial charge in [0.1, 0.15) is 10.9 Å². The van der Waals surface area contributed by atoms with E-state index in [1.807, 2.05) is 6.92 Å². The highest BCUT2D eigenvalue weighted by Gasteiger charge is 2.53. The summed E-state index contributed by atoms with van der Waals surface area (Å²) in [6.07, 6.45) is 7.42. The molecule has 1 aromatic rings. The van der Waals surface area contributed by atoms with Crippen LogP contribution in [-0.4, -0.2) is 34.2 Å². The van der Waals surface area contributed by atoms with Crippen molar-refractivity contribution in [3.05, 3.63) is 39.9 Å². The number of carbonyl (C=O) groups excluding carboxylic acids is 1. The van der Waals surface area contributed by atoms with E-state index in [1.165, 1.54) is 18.2 Å². The number of hydrogen-bond acceptors (Lipinski definition) is 4. The van der Waals surface area contributed by atoms with Crippen LogP contribution in [0.25, 0.3) is 0 Å². The summed E-state index contributed by atoms with van der Waals surface area (Å²) in [5, 5.41) is 8.48. The fourth-order valence-electron chi connectivity index (χ4n) is 4.14. The van der Waals surface area contributed by atoms with Gasteiger partial charge in [-0.3, -0.25) is 4.79 Å². The van der Waals surface area contributed by atoms with E-state index in [-0.39, 0.29) is 18.1 Å². The molecule has 1 amide bonds. The zero-order valence-corrected chi connectivity index (χ0v) is 15.3. The summed E-state index contributed by atoms with van der Waals surface area (Å²) in [5.74, 6) is 0.855. The number of halogens is 1. The van der Waals surface area contributed by atoms with Crippen LogP contribution in [0.5, 0.6) is 0 Å². The Kier molecular flexibility index (Phi) is 3.87. The van der Waals surface area contributed by atoms with Gasteiger partial charge < -0.3 is 15.0 Å². The Morgan fingerprint density at radius 2 is 2.28 bits per heavy atom. The predicted molar refractivity (Wildman–Crippen MR) is 95.8 cm³/mol. The molecule has 25 heavy (non-hydrogen) atoms. The molecular weight excluding hydrogens is 338 g/mol. The van der Waals surface area contributed by atoms with Gasteiger partial charge in [-0.2, -0.15) is 0 Å². The molecule has 2 atom stereocenters. The largest absolute Gasteiger partial charge is 0.494 e. The summed E-state index contributed by atoms with van der Waals surface area (Å²) in [4.78, 5) is 18.8. The number of aromatic nitrogens is 1. The molecule has 1 aliphatic heterocycles. The topological polar surface area (TPSA) is 66.3 Å². The first-order chi connectivity index (χ1) is 12.0. The van der Waals surface area contributed by atoms with Crippen molar-refractivity contribution in [1.82, 2.24) is 9.88 Å². The maximum Gasteiger partial charge on any atom is 0.254 e. The first-order valence-electron chi connectivity index (χ1n) is 8.81. The van der Waals surface area contributed by atoms with Gasteiger partial charge in [-0.1, -0.05) is 11.6 Å². The molecule has 6 heteroatoms. The average molecular weight is 360 g/mol. The SMILES string of the molecule is CC1=C(OC2CCC2)C(C=N)(C(C)N2Cc3c(ccnc3Cl)C2=O)C1. The molecule has 1 saturated carbocycles. The molecule has 0 radical (unpaired) electrons. The molecule has 132 valence electrons. The van der Waals surface area contributed by atoms with Gasteiger partial charge in [-0.25, -0.2) is 4.98 Å².